The van der Waals surface area contributed by atoms with Crippen molar-refractivity contribution < 1.29 is 14.7 Å². The van der Waals surface area contributed by atoms with Gasteiger partial charge in [0.1, 0.15) is 0 Å². The van der Waals surface area contributed by atoms with E-state index in [1.54, 1.807) is 13.1 Å². The fraction of sp³-hybridized carbons (Fsp3) is 0.467. The van der Waals surface area contributed by atoms with E-state index in [0.29, 0.717) is 17.2 Å². The molecule has 1 unspecified atom stereocenters. The van der Waals surface area contributed by atoms with E-state index in [-0.39, 0.29) is 6.61 Å². The van der Waals surface area contributed by atoms with Crippen molar-refractivity contribution in [2.45, 2.75) is 12.8 Å². The van der Waals surface area contributed by atoms with Crippen LogP contribution in [0.1, 0.15) is 23.2 Å². The topological polar surface area (TPSA) is 60.9 Å². The first-order chi connectivity index (χ1) is 9.61. The molecule has 1 saturated heterocycles. The molecule has 0 radical (unpaired) electrons. The van der Waals surface area contributed by atoms with Gasteiger partial charge in [0, 0.05) is 32.4 Å². The Bertz CT molecular complexity index is 570. The number of aliphatic hydroxyl groups excluding tert-OH is 1. The van der Waals surface area contributed by atoms with Crippen LogP contribution in [0.25, 0.3) is 0 Å². The van der Waals surface area contributed by atoms with E-state index in [1.807, 2.05) is 12.1 Å². The Morgan fingerprint density at radius 3 is 2.90 bits per heavy atom. The molecule has 0 aliphatic carbocycles. The van der Waals surface area contributed by atoms with Gasteiger partial charge in [-0.15, -0.1) is 0 Å². The standard InChI is InChI=1S/C15H18N2O3/c1-16-13-7-11(4-5-12(13)14(19)15(16)20)17-6-2-3-10(8-17)9-18/h4-5,7,10,18H,2-3,6,8-9H2,1H3. The third kappa shape index (κ3) is 1.98. The number of nitrogens with zero attached hydrogens (tertiary/aromatic N) is 2. The normalized spacial score (nSPS) is 22.4. The van der Waals surface area contributed by atoms with Crippen LogP contribution in [0, 0.1) is 5.92 Å². The molecular weight excluding hydrogens is 256 g/mol. The maximum absolute atomic E-state index is 11.8. The maximum atomic E-state index is 11.8. The highest BCUT2D eigenvalue weighted by atomic mass is 16.3. The zero-order chi connectivity index (χ0) is 14.3. The summed E-state index contributed by atoms with van der Waals surface area (Å²) in [7, 11) is 1.63. The molecule has 0 saturated carbocycles. The molecule has 2 aliphatic heterocycles. The van der Waals surface area contributed by atoms with Crippen molar-refractivity contribution in [3.8, 4) is 0 Å². The molecule has 2 aliphatic rings. The average molecular weight is 274 g/mol. The number of rotatable bonds is 2. The lowest BCUT2D eigenvalue weighted by atomic mass is 9.98. The minimum atomic E-state index is -0.468. The second kappa shape index (κ2) is 4.90. The van der Waals surface area contributed by atoms with E-state index in [2.05, 4.69) is 4.90 Å². The molecule has 106 valence electrons. The fourth-order valence-electron chi connectivity index (χ4n) is 3.01. The van der Waals surface area contributed by atoms with Gasteiger partial charge in [0.25, 0.3) is 11.7 Å². The summed E-state index contributed by atoms with van der Waals surface area (Å²) < 4.78 is 0. The summed E-state index contributed by atoms with van der Waals surface area (Å²) in [6.45, 7) is 1.97. The number of Topliss-reactive ketones (excluding diaryl/α,β-unsaturated/α-hetero) is 1. The molecule has 0 aromatic heterocycles. The van der Waals surface area contributed by atoms with E-state index in [1.165, 1.54) is 4.90 Å². The summed E-state index contributed by atoms with van der Waals surface area (Å²) in [5.41, 5.74) is 2.18. The van der Waals surface area contributed by atoms with Crippen molar-refractivity contribution in [2.24, 2.45) is 5.92 Å². The predicted molar refractivity (Wildman–Crippen MR) is 76.2 cm³/mol. The second-order valence-electron chi connectivity index (χ2n) is 5.53. The van der Waals surface area contributed by atoms with Gasteiger partial charge < -0.3 is 14.9 Å². The Hall–Kier alpha value is -1.88. The van der Waals surface area contributed by atoms with Gasteiger partial charge in [-0.3, -0.25) is 9.59 Å². The molecule has 1 amide bonds. The minimum Gasteiger partial charge on any atom is -0.396 e. The van der Waals surface area contributed by atoms with Gasteiger partial charge in [-0.2, -0.15) is 0 Å². The van der Waals surface area contributed by atoms with Gasteiger partial charge in [-0.1, -0.05) is 0 Å². The van der Waals surface area contributed by atoms with Gasteiger partial charge in [0.2, 0.25) is 0 Å². The predicted octanol–water partition coefficient (Wildman–Crippen LogP) is 1.05. The monoisotopic (exact) mass is 274 g/mol. The Morgan fingerprint density at radius 1 is 1.35 bits per heavy atom. The van der Waals surface area contributed by atoms with Crippen molar-refractivity contribution in [3.63, 3.8) is 0 Å². The lowest BCUT2D eigenvalue weighted by Gasteiger charge is -2.34. The lowest BCUT2D eigenvalue weighted by Crippen LogP contribution is -2.36. The molecule has 1 fully saturated rings. The molecule has 0 spiro atoms. The number of likely N-dealkylation sites (N-methyl/N-ethyl adjacent to an activating group) is 1. The van der Waals surface area contributed by atoms with E-state index < -0.39 is 11.7 Å². The molecule has 2 heterocycles. The molecular formula is C15H18N2O3. The molecule has 5 nitrogen and oxygen atoms in total. The zero-order valence-corrected chi connectivity index (χ0v) is 11.5. The van der Waals surface area contributed by atoms with Crippen LogP contribution in [-0.2, 0) is 4.79 Å². The summed E-state index contributed by atoms with van der Waals surface area (Å²) in [4.78, 5) is 27.1. The number of fused-ring (bicyclic) bond motifs is 1. The number of carbonyl (C=O) groups excluding carboxylic acids is 2. The summed E-state index contributed by atoms with van der Waals surface area (Å²) >= 11 is 0. The van der Waals surface area contributed by atoms with Crippen LogP contribution in [0.3, 0.4) is 0 Å². The van der Waals surface area contributed by atoms with E-state index in [4.69, 9.17) is 0 Å². The van der Waals surface area contributed by atoms with Gasteiger partial charge >= 0.3 is 0 Å². The molecule has 1 atom stereocenters. The van der Waals surface area contributed by atoms with Gasteiger partial charge in [0.15, 0.2) is 0 Å². The first-order valence-corrected chi connectivity index (χ1v) is 6.94. The summed E-state index contributed by atoms with van der Waals surface area (Å²) in [5, 5.41) is 9.30. The number of anilines is 2. The number of hydrogen-bond donors (Lipinski definition) is 1. The van der Waals surface area contributed by atoms with Gasteiger partial charge in [-0.25, -0.2) is 0 Å². The first kappa shape index (κ1) is 13.1. The molecule has 5 heteroatoms. The Morgan fingerprint density at radius 2 is 2.15 bits per heavy atom. The minimum absolute atomic E-state index is 0.207. The number of ketones is 1. The highest BCUT2D eigenvalue weighted by molar-refractivity contribution is 6.52. The number of carbonyl (C=O) groups is 2. The Labute approximate surface area is 117 Å². The third-order valence-corrected chi connectivity index (χ3v) is 4.23. The summed E-state index contributed by atoms with van der Waals surface area (Å²) in [6.07, 6.45) is 2.10. The van der Waals surface area contributed by atoms with Crippen LogP contribution < -0.4 is 9.80 Å². The van der Waals surface area contributed by atoms with Crippen molar-refractivity contribution in [1.29, 1.82) is 0 Å². The summed E-state index contributed by atoms with van der Waals surface area (Å²) in [5.74, 6) is -0.594. The van der Waals surface area contributed by atoms with Crippen molar-refractivity contribution in [3.05, 3.63) is 23.8 Å². The molecule has 1 N–H and O–H groups in total. The van der Waals surface area contributed by atoms with Crippen LogP contribution in [0.5, 0.6) is 0 Å². The second-order valence-corrected chi connectivity index (χ2v) is 5.53. The zero-order valence-electron chi connectivity index (χ0n) is 11.5. The average Bonchev–Trinajstić information content (AvgIpc) is 2.72. The van der Waals surface area contributed by atoms with Crippen LogP contribution in [0.15, 0.2) is 18.2 Å². The Kier molecular flexibility index (Phi) is 3.22. The molecule has 3 rings (SSSR count). The smallest absolute Gasteiger partial charge is 0.299 e. The maximum Gasteiger partial charge on any atom is 0.299 e. The SMILES string of the molecule is CN1C(=O)C(=O)c2ccc(N3CCCC(CO)C3)cc21. The highest BCUT2D eigenvalue weighted by Crippen LogP contribution is 2.33. The highest BCUT2D eigenvalue weighted by Gasteiger charge is 2.33. The van der Waals surface area contributed by atoms with Crippen LogP contribution >= 0.6 is 0 Å². The van der Waals surface area contributed by atoms with Crippen LogP contribution in [0.4, 0.5) is 11.4 Å². The largest absolute Gasteiger partial charge is 0.396 e. The number of amides is 1. The fourth-order valence-corrected chi connectivity index (χ4v) is 3.01. The molecule has 1 aromatic carbocycles. The van der Waals surface area contributed by atoms with Crippen molar-refractivity contribution in [2.75, 3.05) is 36.5 Å². The van der Waals surface area contributed by atoms with E-state index in [0.717, 1.165) is 31.6 Å². The number of piperidine rings is 1. The van der Waals surface area contributed by atoms with Crippen LogP contribution in [-0.4, -0.2) is 43.5 Å². The van der Waals surface area contributed by atoms with E-state index in [9.17, 15) is 14.7 Å². The third-order valence-electron chi connectivity index (χ3n) is 4.23. The van der Waals surface area contributed by atoms with Gasteiger partial charge in [-0.05, 0) is 37.0 Å². The quantitative estimate of drug-likeness (QED) is 0.819. The summed E-state index contributed by atoms with van der Waals surface area (Å²) in [6, 6.07) is 5.53. The van der Waals surface area contributed by atoms with Crippen molar-refractivity contribution >= 4 is 23.1 Å². The number of hydrogen-bond acceptors (Lipinski definition) is 4. The molecule has 0 bridgehead atoms. The molecule has 20 heavy (non-hydrogen) atoms. The van der Waals surface area contributed by atoms with E-state index >= 15 is 0 Å². The number of benzene rings is 1. The lowest BCUT2D eigenvalue weighted by molar-refractivity contribution is -0.114. The molecule has 1 aromatic rings. The number of aliphatic hydroxyl groups is 1. The van der Waals surface area contributed by atoms with Gasteiger partial charge in [0.05, 0.1) is 11.3 Å². The Balaban J connectivity index is 1.90. The van der Waals surface area contributed by atoms with Crippen LogP contribution in [0.2, 0.25) is 0 Å². The first-order valence-electron chi connectivity index (χ1n) is 6.94. The van der Waals surface area contributed by atoms with Crippen molar-refractivity contribution in [1.82, 2.24) is 0 Å².